The Balaban J connectivity index is 2.23. The maximum absolute atomic E-state index is 5.68. The third kappa shape index (κ3) is 4.76. The largest absolute Gasteiger partial charge is 0.494 e. The molecule has 1 rings (SSSR count). The van der Waals surface area contributed by atoms with Crippen molar-refractivity contribution in [1.82, 2.24) is 0 Å². The molecule has 0 amide bonds. The monoisotopic (exact) mass is 222 g/mol. The molecular weight excluding hydrogens is 208 g/mol. The lowest BCUT2D eigenvalue weighted by molar-refractivity contribution is 0.307. The molecule has 0 aliphatic heterocycles. The molecule has 0 heterocycles. The molecule has 1 aromatic carbocycles. The van der Waals surface area contributed by atoms with Gasteiger partial charge in [-0.25, -0.2) is 0 Å². The van der Waals surface area contributed by atoms with Gasteiger partial charge in [-0.1, -0.05) is 12.1 Å². The molecule has 0 spiro atoms. The van der Waals surface area contributed by atoms with E-state index in [0.717, 1.165) is 37.2 Å². The van der Waals surface area contributed by atoms with Gasteiger partial charge in [0.15, 0.2) is 0 Å². The van der Waals surface area contributed by atoms with Crippen LogP contribution in [0.15, 0.2) is 24.3 Å². The third-order valence-corrected chi connectivity index (χ3v) is 2.37. The van der Waals surface area contributed by atoms with Crippen LogP contribution in [0.25, 0.3) is 0 Å². The number of hydrogen-bond acceptors (Lipinski definition) is 1. The van der Waals surface area contributed by atoms with Crippen molar-refractivity contribution in [3.05, 3.63) is 29.8 Å². The van der Waals surface area contributed by atoms with Crippen LogP contribution in [0.5, 0.6) is 5.75 Å². The van der Waals surface area contributed by atoms with Crippen LogP contribution in [-0.2, 0) is 5.88 Å². The first-order chi connectivity index (χ1) is 7.36. The van der Waals surface area contributed by atoms with Crippen molar-refractivity contribution >= 4 is 11.6 Å². The number of unbranched alkanes of at least 4 members (excludes halogenated alkanes) is 2. The van der Waals surface area contributed by atoms with E-state index >= 15 is 0 Å². The second-order valence-electron chi connectivity index (χ2n) is 3.29. The molecule has 0 atom stereocenters. The minimum Gasteiger partial charge on any atom is -0.494 e. The van der Waals surface area contributed by atoms with Crippen LogP contribution in [0.1, 0.15) is 24.8 Å². The Morgan fingerprint density at radius 2 is 1.93 bits per heavy atom. The summed E-state index contributed by atoms with van der Waals surface area (Å²) in [5.41, 5.74) is 1.11. The number of halogens is 1. The van der Waals surface area contributed by atoms with E-state index in [1.165, 1.54) is 0 Å². The molecule has 0 radical (unpaired) electrons. The Morgan fingerprint density at radius 1 is 1.20 bits per heavy atom. The average Bonchev–Trinajstić information content (AvgIpc) is 2.30. The van der Waals surface area contributed by atoms with Crippen LogP contribution >= 0.6 is 11.6 Å². The average molecular weight is 223 g/mol. The fraction of sp³-hybridized carbons (Fsp3) is 0.385. The van der Waals surface area contributed by atoms with Crippen molar-refractivity contribution in [2.75, 3.05) is 6.61 Å². The highest BCUT2D eigenvalue weighted by molar-refractivity contribution is 6.17. The van der Waals surface area contributed by atoms with Gasteiger partial charge in [0.2, 0.25) is 0 Å². The molecule has 0 aliphatic carbocycles. The van der Waals surface area contributed by atoms with Crippen LogP contribution in [0.2, 0.25) is 0 Å². The van der Waals surface area contributed by atoms with Crippen LogP contribution in [0.4, 0.5) is 0 Å². The first-order valence-electron chi connectivity index (χ1n) is 5.08. The Hall–Kier alpha value is -1.13. The number of terminal acetylenes is 1. The molecule has 1 nitrogen and oxygen atoms in total. The predicted molar refractivity (Wildman–Crippen MR) is 64.2 cm³/mol. The SMILES string of the molecule is C#CCCCCOc1ccc(CCl)cc1. The second kappa shape index (κ2) is 7.20. The smallest absolute Gasteiger partial charge is 0.119 e. The normalized spacial score (nSPS) is 9.60. The summed E-state index contributed by atoms with van der Waals surface area (Å²) in [7, 11) is 0. The minimum absolute atomic E-state index is 0.544. The Labute approximate surface area is 96.4 Å². The molecule has 0 saturated carbocycles. The predicted octanol–water partition coefficient (Wildman–Crippen LogP) is 3.61. The van der Waals surface area contributed by atoms with Crippen LogP contribution in [0.3, 0.4) is 0 Å². The summed E-state index contributed by atoms with van der Waals surface area (Å²) in [6.07, 6.45) is 8.00. The Bertz CT molecular complexity index is 310. The summed E-state index contributed by atoms with van der Waals surface area (Å²) in [6, 6.07) is 7.84. The van der Waals surface area contributed by atoms with Crippen molar-refractivity contribution in [2.45, 2.75) is 25.1 Å². The number of ether oxygens (including phenoxy) is 1. The summed E-state index contributed by atoms with van der Waals surface area (Å²) >= 11 is 5.68. The van der Waals surface area contributed by atoms with E-state index in [2.05, 4.69) is 5.92 Å². The van der Waals surface area contributed by atoms with E-state index in [9.17, 15) is 0 Å². The number of hydrogen-bond donors (Lipinski definition) is 0. The molecule has 80 valence electrons. The van der Waals surface area contributed by atoms with Gasteiger partial charge in [0.1, 0.15) is 5.75 Å². The summed E-state index contributed by atoms with van der Waals surface area (Å²) in [5.74, 6) is 4.05. The van der Waals surface area contributed by atoms with E-state index in [1.54, 1.807) is 0 Å². The van der Waals surface area contributed by atoms with Crippen LogP contribution in [0, 0.1) is 12.3 Å². The lowest BCUT2D eigenvalue weighted by Gasteiger charge is -2.05. The number of rotatable bonds is 6. The molecule has 2 heteroatoms. The fourth-order valence-electron chi connectivity index (χ4n) is 1.19. The van der Waals surface area contributed by atoms with E-state index in [0.29, 0.717) is 5.88 Å². The van der Waals surface area contributed by atoms with Gasteiger partial charge in [-0.3, -0.25) is 0 Å². The van der Waals surface area contributed by atoms with Gasteiger partial charge in [-0.15, -0.1) is 23.9 Å². The van der Waals surface area contributed by atoms with Gasteiger partial charge < -0.3 is 4.74 Å². The molecule has 0 fully saturated rings. The third-order valence-electron chi connectivity index (χ3n) is 2.06. The van der Waals surface area contributed by atoms with E-state index in [4.69, 9.17) is 22.8 Å². The van der Waals surface area contributed by atoms with Gasteiger partial charge in [0.25, 0.3) is 0 Å². The summed E-state index contributed by atoms with van der Waals surface area (Å²) < 4.78 is 5.54. The highest BCUT2D eigenvalue weighted by Crippen LogP contribution is 2.13. The quantitative estimate of drug-likeness (QED) is 0.406. The second-order valence-corrected chi connectivity index (χ2v) is 3.55. The van der Waals surface area contributed by atoms with Crippen molar-refractivity contribution in [1.29, 1.82) is 0 Å². The van der Waals surface area contributed by atoms with E-state index in [-0.39, 0.29) is 0 Å². The molecule has 0 saturated heterocycles. The molecule has 0 aliphatic rings. The summed E-state index contributed by atoms with van der Waals surface area (Å²) in [4.78, 5) is 0. The van der Waals surface area contributed by atoms with Crippen molar-refractivity contribution < 1.29 is 4.74 Å². The fourth-order valence-corrected chi connectivity index (χ4v) is 1.37. The Morgan fingerprint density at radius 3 is 2.53 bits per heavy atom. The Kier molecular flexibility index (Phi) is 5.73. The van der Waals surface area contributed by atoms with Gasteiger partial charge in [-0.2, -0.15) is 0 Å². The first-order valence-corrected chi connectivity index (χ1v) is 5.61. The minimum atomic E-state index is 0.544. The van der Waals surface area contributed by atoms with E-state index < -0.39 is 0 Å². The number of benzene rings is 1. The molecule has 0 bridgehead atoms. The molecule has 0 unspecified atom stereocenters. The highest BCUT2D eigenvalue weighted by atomic mass is 35.5. The van der Waals surface area contributed by atoms with Crippen LogP contribution in [-0.4, -0.2) is 6.61 Å². The maximum Gasteiger partial charge on any atom is 0.119 e. The zero-order chi connectivity index (χ0) is 10.9. The zero-order valence-electron chi connectivity index (χ0n) is 8.71. The van der Waals surface area contributed by atoms with Crippen LogP contribution < -0.4 is 4.74 Å². The molecule has 1 aromatic rings. The first kappa shape index (κ1) is 11.9. The lowest BCUT2D eigenvalue weighted by atomic mass is 10.2. The lowest BCUT2D eigenvalue weighted by Crippen LogP contribution is -1.96. The highest BCUT2D eigenvalue weighted by Gasteiger charge is 1.94. The topological polar surface area (TPSA) is 9.23 Å². The molecule has 0 aromatic heterocycles. The van der Waals surface area contributed by atoms with Crippen molar-refractivity contribution in [3.63, 3.8) is 0 Å². The van der Waals surface area contributed by atoms with Crippen molar-refractivity contribution in [2.24, 2.45) is 0 Å². The van der Waals surface area contributed by atoms with Gasteiger partial charge >= 0.3 is 0 Å². The molecular formula is C13H15ClO. The standard InChI is InChI=1S/C13H15ClO/c1-2-3-4-5-10-15-13-8-6-12(11-14)7-9-13/h1,6-9H,3-5,10-11H2. The van der Waals surface area contributed by atoms with Gasteiger partial charge in [0, 0.05) is 12.3 Å². The van der Waals surface area contributed by atoms with Crippen molar-refractivity contribution in [3.8, 4) is 18.1 Å². The summed E-state index contributed by atoms with van der Waals surface area (Å²) in [5, 5.41) is 0. The van der Waals surface area contributed by atoms with Gasteiger partial charge in [0.05, 0.1) is 6.61 Å². The van der Waals surface area contributed by atoms with E-state index in [1.807, 2.05) is 24.3 Å². The molecule has 0 N–H and O–H groups in total. The molecule has 15 heavy (non-hydrogen) atoms. The maximum atomic E-state index is 5.68. The number of alkyl halides is 1. The summed E-state index contributed by atoms with van der Waals surface area (Å²) in [6.45, 7) is 0.724. The van der Waals surface area contributed by atoms with Gasteiger partial charge in [-0.05, 0) is 30.5 Å². The zero-order valence-corrected chi connectivity index (χ0v) is 9.46.